The van der Waals surface area contributed by atoms with Gasteiger partial charge in [-0.15, -0.1) is 0 Å². The highest BCUT2D eigenvalue weighted by molar-refractivity contribution is 5.93. The molecule has 1 aromatic carbocycles. The SMILES string of the molecule is O=C(NCCC(=O)N1CCOC1=O)OCc1ccccc1. The number of carbonyl (C=O) groups is 3. The van der Waals surface area contributed by atoms with Crippen molar-refractivity contribution in [2.45, 2.75) is 13.0 Å². The lowest BCUT2D eigenvalue weighted by Gasteiger charge is -2.11. The summed E-state index contributed by atoms with van der Waals surface area (Å²) < 4.78 is 9.65. The molecule has 0 unspecified atom stereocenters. The largest absolute Gasteiger partial charge is 0.447 e. The molecule has 0 radical (unpaired) electrons. The highest BCUT2D eigenvalue weighted by atomic mass is 16.6. The zero-order valence-corrected chi connectivity index (χ0v) is 11.4. The topological polar surface area (TPSA) is 84.9 Å². The minimum absolute atomic E-state index is 0.0234. The van der Waals surface area contributed by atoms with Crippen molar-refractivity contribution in [3.63, 3.8) is 0 Å². The Hall–Kier alpha value is -2.57. The van der Waals surface area contributed by atoms with Crippen LogP contribution in [0.4, 0.5) is 9.59 Å². The number of rotatable bonds is 5. The first-order chi connectivity index (χ1) is 10.2. The lowest BCUT2D eigenvalue weighted by atomic mass is 10.2. The van der Waals surface area contributed by atoms with Crippen LogP contribution < -0.4 is 5.32 Å². The van der Waals surface area contributed by atoms with Crippen LogP contribution in [0.1, 0.15) is 12.0 Å². The minimum atomic E-state index is -0.633. The van der Waals surface area contributed by atoms with Gasteiger partial charge in [-0.1, -0.05) is 30.3 Å². The molecule has 0 aromatic heterocycles. The monoisotopic (exact) mass is 292 g/mol. The minimum Gasteiger partial charge on any atom is -0.447 e. The average molecular weight is 292 g/mol. The number of alkyl carbamates (subject to hydrolysis) is 1. The van der Waals surface area contributed by atoms with E-state index in [0.29, 0.717) is 0 Å². The summed E-state index contributed by atoms with van der Waals surface area (Å²) in [4.78, 5) is 35.3. The maximum Gasteiger partial charge on any atom is 0.416 e. The third-order valence-corrected chi connectivity index (χ3v) is 2.88. The molecule has 0 aliphatic carbocycles. The van der Waals surface area contributed by atoms with Gasteiger partial charge in [-0.25, -0.2) is 14.5 Å². The first-order valence-electron chi connectivity index (χ1n) is 6.58. The lowest BCUT2D eigenvalue weighted by molar-refractivity contribution is -0.127. The summed E-state index contributed by atoms with van der Waals surface area (Å²) in [5.41, 5.74) is 0.878. The molecule has 1 aliphatic rings. The van der Waals surface area contributed by atoms with Crippen LogP contribution in [0.25, 0.3) is 0 Å². The van der Waals surface area contributed by atoms with Gasteiger partial charge in [0.1, 0.15) is 13.2 Å². The normalized spacial score (nSPS) is 13.7. The lowest BCUT2D eigenvalue weighted by Crippen LogP contribution is -2.35. The Morgan fingerprint density at radius 2 is 2.05 bits per heavy atom. The molecule has 2 rings (SSSR count). The molecule has 1 heterocycles. The van der Waals surface area contributed by atoms with E-state index in [4.69, 9.17) is 4.74 Å². The van der Waals surface area contributed by atoms with Gasteiger partial charge in [0, 0.05) is 13.0 Å². The van der Waals surface area contributed by atoms with Gasteiger partial charge >= 0.3 is 12.2 Å². The van der Waals surface area contributed by atoms with Crippen LogP contribution in [0.2, 0.25) is 0 Å². The van der Waals surface area contributed by atoms with E-state index < -0.39 is 12.2 Å². The molecular weight excluding hydrogens is 276 g/mol. The number of cyclic esters (lactones) is 1. The van der Waals surface area contributed by atoms with E-state index in [-0.39, 0.29) is 38.6 Å². The standard InChI is InChI=1S/C14H16N2O5/c17-12(16-8-9-20-14(16)19)6-7-15-13(18)21-10-11-4-2-1-3-5-11/h1-5H,6-10H2,(H,15,18). The molecule has 3 amide bonds. The van der Waals surface area contributed by atoms with Crippen LogP contribution in [0.15, 0.2) is 30.3 Å². The molecule has 112 valence electrons. The summed E-state index contributed by atoms with van der Waals surface area (Å²) in [6.07, 6.45) is -1.21. The second-order valence-corrected chi connectivity index (χ2v) is 4.40. The Morgan fingerprint density at radius 3 is 2.71 bits per heavy atom. The van der Waals surface area contributed by atoms with Crippen LogP contribution >= 0.6 is 0 Å². The average Bonchev–Trinajstić information content (AvgIpc) is 2.92. The van der Waals surface area contributed by atoms with E-state index in [0.717, 1.165) is 10.5 Å². The Bertz CT molecular complexity index is 517. The van der Waals surface area contributed by atoms with Crippen molar-refractivity contribution in [2.75, 3.05) is 19.7 Å². The summed E-state index contributed by atoms with van der Waals surface area (Å²) in [5, 5.41) is 2.46. The third kappa shape index (κ3) is 4.48. The number of imide groups is 1. The predicted octanol–water partition coefficient (Wildman–Crippen LogP) is 1.28. The van der Waals surface area contributed by atoms with Gasteiger partial charge in [-0.2, -0.15) is 0 Å². The van der Waals surface area contributed by atoms with Crippen molar-refractivity contribution in [2.24, 2.45) is 0 Å². The zero-order valence-electron chi connectivity index (χ0n) is 11.4. The van der Waals surface area contributed by atoms with Crippen LogP contribution in [0.3, 0.4) is 0 Å². The Kier molecular flexibility index (Phi) is 5.14. The number of hydrogen-bond donors (Lipinski definition) is 1. The smallest absolute Gasteiger partial charge is 0.416 e. The molecule has 7 heteroatoms. The Labute approximate surface area is 121 Å². The van der Waals surface area contributed by atoms with Crippen LogP contribution in [0, 0.1) is 0 Å². The number of nitrogens with one attached hydrogen (secondary N) is 1. The molecule has 0 bridgehead atoms. The number of amides is 3. The molecule has 0 spiro atoms. The second kappa shape index (κ2) is 7.28. The van der Waals surface area contributed by atoms with Gasteiger partial charge in [-0.05, 0) is 5.56 Å². The van der Waals surface area contributed by atoms with Gasteiger partial charge in [-0.3, -0.25) is 4.79 Å². The van der Waals surface area contributed by atoms with E-state index >= 15 is 0 Å². The second-order valence-electron chi connectivity index (χ2n) is 4.40. The van der Waals surface area contributed by atoms with Crippen LogP contribution in [-0.2, 0) is 20.9 Å². The van der Waals surface area contributed by atoms with Crippen molar-refractivity contribution in [3.8, 4) is 0 Å². The molecule has 1 saturated heterocycles. The summed E-state index contributed by atoms with van der Waals surface area (Å²) >= 11 is 0. The molecule has 1 fully saturated rings. The van der Waals surface area contributed by atoms with Crippen molar-refractivity contribution in [3.05, 3.63) is 35.9 Å². The molecule has 1 aromatic rings. The van der Waals surface area contributed by atoms with Gasteiger partial charge < -0.3 is 14.8 Å². The van der Waals surface area contributed by atoms with Crippen LogP contribution in [-0.4, -0.2) is 42.7 Å². The number of hydrogen-bond acceptors (Lipinski definition) is 5. The molecule has 0 atom stereocenters. The molecule has 1 N–H and O–H groups in total. The summed E-state index contributed by atoms with van der Waals surface area (Å²) in [6, 6.07) is 9.26. The number of nitrogens with zero attached hydrogens (tertiary/aromatic N) is 1. The van der Waals surface area contributed by atoms with E-state index in [1.807, 2.05) is 30.3 Å². The molecule has 21 heavy (non-hydrogen) atoms. The first-order valence-corrected chi connectivity index (χ1v) is 6.58. The van der Waals surface area contributed by atoms with E-state index in [1.165, 1.54) is 0 Å². The Balaban J connectivity index is 1.63. The van der Waals surface area contributed by atoms with Crippen molar-refractivity contribution in [1.29, 1.82) is 0 Å². The molecule has 7 nitrogen and oxygen atoms in total. The number of benzene rings is 1. The van der Waals surface area contributed by atoms with Crippen molar-refractivity contribution in [1.82, 2.24) is 10.2 Å². The maximum absolute atomic E-state index is 11.6. The predicted molar refractivity (Wildman–Crippen MR) is 72.3 cm³/mol. The summed E-state index contributed by atoms with van der Waals surface area (Å²) in [5.74, 6) is -0.374. The van der Waals surface area contributed by atoms with Crippen LogP contribution in [0.5, 0.6) is 0 Å². The van der Waals surface area contributed by atoms with Gasteiger partial charge in [0.2, 0.25) is 5.91 Å². The summed E-state index contributed by atoms with van der Waals surface area (Å²) in [6.45, 7) is 0.753. The van der Waals surface area contributed by atoms with E-state index in [1.54, 1.807) is 0 Å². The first kappa shape index (κ1) is 14.8. The van der Waals surface area contributed by atoms with Crippen molar-refractivity contribution < 1.29 is 23.9 Å². The fourth-order valence-corrected chi connectivity index (χ4v) is 1.80. The fraction of sp³-hybridized carbons (Fsp3) is 0.357. The Morgan fingerprint density at radius 1 is 1.29 bits per heavy atom. The number of ether oxygens (including phenoxy) is 2. The molecule has 0 saturated carbocycles. The summed E-state index contributed by atoms with van der Waals surface area (Å²) in [7, 11) is 0. The number of carbonyl (C=O) groups excluding carboxylic acids is 3. The quantitative estimate of drug-likeness (QED) is 0.883. The van der Waals surface area contributed by atoms with Crippen molar-refractivity contribution >= 4 is 18.1 Å². The van der Waals surface area contributed by atoms with Gasteiger partial charge in [0.25, 0.3) is 0 Å². The molecule has 1 aliphatic heterocycles. The zero-order chi connectivity index (χ0) is 15.1. The van der Waals surface area contributed by atoms with E-state index in [9.17, 15) is 14.4 Å². The van der Waals surface area contributed by atoms with E-state index in [2.05, 4.69) is 10.1 Å². The van der Waals surface area contributed by atoms with Gasteiger partial charge in [0.05, 0.1) is 6.54 Å². The third-order valence-electron chi connectivity index (χ3n) is 2.88. The highest BCUT2D eigenvalue weighted by Crippen LogP contribution is 2.05. The highest BCUT2D eigenvalue weighted by Gasteiger charge is 2.27. The molecular formula is C14H16N2O5. The maximum atomic E-state index is 11.6. The fourth-order valence-electron chi connectivity index (χ4n) is 1.80. The van der Waals surface area contributed by atoms with Gasteiger partial charge in [0.15, 0.2) is 0 Å².